The van der Waals surface area contributed by atoms with Gasteiger partial charge in [-0.3, -0.25) is 9.59 Å². The highest BCUT2D eigenvalue weighted by Crippen LogP contribution is 2.17. The number of carbonyl (C=O) groups excluding carboxylic acids is 2. The van der Waals surface area contributed by atoms with Crippen molar-refractivity contribution in [1.82, 2.24) is 5.43 Å². The van der Waals surface area contributed by atoms with Crippen LogP contribution >= 0.6 is 22.6 Å². The van der Waals surface area contributed by atoms with Crippen LogP contribution in [0.5, 0.6) is 0 Å². The number of anilines is 1. The van der Waals surface area contributed by atoms with Crippen LogP contribution in [0.15, 0.2) is 53.6 Å². The van der Waals surface area contributed by atoms with Crippen LogP contribution in [0.3, 0.4) is 0 Å². The first-order valence-electron chi connectivity index (χ1n) is 8.34. The maximum atomic E-state index is 12.1. The van der Waals surface area contributed by atoms with E-state index < -0.39 is 0 Å². The lowest BCUT2D eigenvalue weighted by Crippen LogP contribution is -2.21. The van der Waals surface area contributed by atoms with Crippen LogP contribution < -0.4 is 10.7 Å². The third-order valence-corrected chi connectivity index (χ3v) is 4.38. The summed E-state index contributed by atoms with van der Waals surface area (Å²) in [5.74, 6) is -0.0229. The molecule has 0 atom stereocenters. The molecule has 2 aromatic carbocycles. The molecule has 0 aliphatic heterocycles. The molecule has 0 bridgehead atoms. The second kappa shape index (κ2) is 9.47. The molecule has 0 aromatic heterocycles. The van der Waals surface area contributed by atoms with Crippen LogP contribution in [0.1, 0.15) is 49.0 Å². The molecule has 0 saturated heterocycles. The van der Waals surface area contributed by atoms with Gasteiger partial charge in [-0.1, -0.05) is 32.0 Å². The molecule has 0 heterocycles. The van der Waals surface area contributed by atoms with Gasteiger partial charge < -0.3 is 5.32 Å². The van der Waals surface area contributed by atoms with Gasteiger partial charge in [0, 0.05) is 20.5 Å². The monoisotopic (exact) mass is 463 g/mol. The molecule has 0 aliphatic carbocycles. The van der Waals surface area contributed by atoms with Crippen molar-refractivity contribution in [2.75, 3.05) is 5.32 Å². The highest BCUT2D eigenvalue weighted by Gasteiger charge is 2.08. The first-order chi connectivity index (χ1) is 12.3. The van der Waals surface area contributed by atoms with Crippen molar-refractivity contribution in [2.24, 2.45) is 5.10 Å². The Hall–Kier alpha value is -2.22. The van der Waals surface area contributed by atoms with Crippen molar-refractivity contribution in [3.05, 3.63) is 63.2 Å². The number of nitrogens with zero attached hydrogens (tertiary/aromatic N) is 1. The minimum atomic E-state index is -0.299. The Morgan fingerprint density at radius 1 is 1.12 bits per heavy atom. The molecule has 5 nitrogen and oxygen atoms in total. The quantitative estimate of drug-likeness (QED) is 0.375. The lowest BCUT2D eigenvalue weighted by atomic mass is 10.0. The van der Waals surface area contributed by atoms with Crippen molar-refractivity contribution >= 4 is 45.8 Å². The van der Waals surface area contributed by atoms with Gasteiger partial charge in [-0.05, 0) is 71.3 Å². The Kier molecular flexibility index (Phi) is 7.32. The number of hydrazone groups is 1. The van der Waals surface area contributed by atoms with Gasteiger partial charge >= 0.3 is 0 Å². The molecule has 2 amide bonds. The van der Waals surface area contributed by atoms with E-state index in [0.29, 0.717) is 17.2 Å². The Labute approximate surface area is 167 Å². The zero-order valence-electron chi connectivity index (χ0n) is 15.0. The summed E-state index contributed by atoms with van der Waals surface area (Å²) in [6, 6.07) is 15.0. The predicted molar refractivity (Wildman–Crippen MR) is 114 cm³/mol. The Morgan fingerprint density at radius 3 is 2.42 bits per heavy atom. The first-order valence-corrected chi connectivity index (χ1v) is 9.42. The number of hydrogen-bond acceptors (Lipinski definition) is 3. The number of halogens is 1. The molecule has 136 valence electrons. The van der Waals surface area contributed by atoms with Gasteiger partial charge in [0.1, 0.15) is 0 Å². The molecule has 0 radical (unpaired) electrons. The standard InChI is InChI=1S/C20H22IN3O2/c1-13(2)15-7-9-18(10-8-15)22-19(25)11-14(3)23-24-20(26)16-5-4-6-17(21)12-16/h4-10,12-13H,11H2,1-3H3,(H,22,25)(H,24,26)/b23-14+. The van der Waals surface area contributed by atoms with Gasteiger partial charge in [0.05, 0.1) is 6.42 Å². The van der Waals surface area contributed by atoms with Gasteiger partial charge in [-0.25, -0.2) is 5.43 Å². The van der Waals surface area contributed by atoms with Crippen molar-refractivity contribution in [1.29, 1.82) is 0 Å². The normalized spacial score (nSPS) is 11.3. The molecule has 0 unspecified atom stereocenters. The van der Waals surface area contributed by atoms with E-state index in [-0.39, 0.29) is 18.2 Å². The van der Waals surface area contributed by atoms with Crippen molar-refractivity contribution < 1.29 is 9.59 Å². The fourth-order valence-electron chi connectivity index (χ4n) is 2.27. The summed E-state index contributed by atoms with van der Waals surface area (Å²) in [4.78, 5) is 24.1. The number of amides is 2. The largest absolute Gasteiger partial charge is 0.326 e. The van der Waals surface area contributed by atoms with Gasteiger partial charge in [0.15, 0.2) is 0 Å². The van der Waals surface area contributed by atoms with E-state index in [1.54, 1.807) is 19.1 Å². The molecule has 26 heavy (non-hydrogen) atoms. The third kappa shape index (κ3) is 6.25. The van der Waals surface area contributed by atoms with E-state index in [1.807, 2.05) is 36.4 Å². The minimum Gasteiger partial charge on any atom is -0.326 e. The molecule has 0 fully saturated rings. The predicted octanol–water partition coefficient (Wildman–Crippen LogP) is 4.55. The van der Waals surface area contributed by atoms with E-state index in [1.165, 1.54) is 5.56 Å². The van der Waals surface area contributed by atoms with Crippen LogP contribution in [0.25, 0.3) is 0 Å². The number of benzene rings is 2. The van der Waals surface area contributed by atoms with Crippen LogP contribution in [-0.4, -0.2) is 17.5 Å². The molecular formula is C20H22IN3O2. The summed E-state index contributed by atoms with van der Waals surface area (Å²) in [6.07, 6.45) is 0.110. The maximum Gasteiger partial charge on any atom is 0.271 e. The fourth-order valence-corrected chi connectivity index (χ4v) is 2.81. The average Bonchev–Trinajstić information content (AvgIpc) is 2.60. The fraction of sp³-hybridized carbons (Fsp3) is 0.250. The molecule has 0 spiro atoms. The zero-order chi connectivity index (χ0) is 19.1. The molecular weight excluding hydrogens is 441 g/mol. The summed E-state index contributed by atoms with van der Waals surface area (Å²) in [7, 11) is 0. The van der Waals surface area contributed by atoms with Gasteiger partial charge in [-0.15, -0.1) is 0 Å². The second-order valence-electron chi connectivity index (χ2n) is 6.30. The van der Waals surface area contributed by atoms with E-state index in [2.05, 4.69) is 52.3 Å². The van der Waals surface area contributed by atoms with Crippen LogP contribution in [-0.2, 0) is 4.79 Å². The van der Waals surface area contributed by atoms with Crippen molar-refractivity contribution in [3.8, 4) is 0 Å². The lowest BCUT2D eigenvalue weighted by Gasteiger charge is -2.08. The molecule has 2 N–H and O–H groups in total. The Morgan fingerprint density at radius 2 is 1.81 bits per heavy atom. The van der Waals surface area contributed by atoms with E-state index in [0.717, 1.165) is 9.26 Å². The highest BCUT2D eigenvalue weighted by molar-refractivity contribution is 14.1. The molecule has 0 saturated carbocycles. The summed E-state index contributed by atoms with van der Waals surface area (Å²) in [5, 5.41) is 6.84. The Balaban J connectivity index is 1.87. The van der Waals surface area contributed by atoms with Gasteiger partial charge in [-0.2, -0.15) is 5.10 Å². The summed E-state index contributed by atoms with van der Waals surface area (Å²) < 4.78 is 0.971. The minimum absolute atomic E-state index is 0.110. The van der Waals surface area contributed by atoms with E-state index in [9.17, 15) is 9.59 Å². The smallest absolute Gasteiger partial charge is 0.271 e. The topological polar surface area (TPSA) is 70.6 Å². The van der Waals surface area contributed by atoms with Crippen LogP contribution in [0.4, 0.5) is 5.69 Å². The maximum absolute atomic E-state index is 12.1. The SMILES string of the molecule is C/C(CC(=O)Nc1ccc(C(C)C)cc1)=N\NC(=O)c1cccc(I)c1. The number of carbonyl (C=O) groups is 2. The van der Waals surface area contributed by atoms with Crippen molar-refractivity contribution in [2.45, 2.75) is 33.1 Å². The highest BCUT2D eigenvalue weighted by atomic mass is 127. The Bertz CT molecular complexity index is 814. The lowest BCUT2D eigenvalue weighted by molar-refractivity contribution is -0.115. The van der Waals surface area contributed by atoms with Crippen LogP contribution in [0, 0.1) is 3.57 Å². The second-order valence-corrected chi connectivity index (χ2v) is 7.55. The zero-order valence-corrected chi connectivity index (χ0v) is 17.2. The van der Waals surface area contributed by atoms with E-state index in [4.69, 9.17) is 0 Å². The summed E-state index contributed by atoms with van der Waals surface area (Å²) in [5.41, 5.74) is 5.51. The van der Waals surface area contributed by atoms with Gasteiger partial charge in [0.2, 0.25) is 5.91 Å². The third-order valence-electron chi connectivity index (χ3n) is 3.71. The molecule has 2 rings (SSSR count). The summed E-state index contributed by atoms with van der Waals surface area (Å²) in [6.45, 7) is 5.95. The number of nitrogens with one attached hydrogen (secondary N) is 2. The number of rotatable bonds is 6. The molecule has 2 aromatic rings. The average molecular weight is 463 g/mol. The molecule has 0 aliphatic rings. The van der Waals surface area contributed by atoms with Gasteiger partial charge in [0.25, 0.3) is 5.91 Å². The summed E-state index contributed by atoms with van der Waals surface area (Å²) >= 11 is 2.14. The van der Waals surface area contributed by atoms with Crippen molar-refractivity contribution in [3.63, 3.8) is 0 Å². The number of hydrogen-bond donors (Lipinski definition) is 2. The first kappa shape index (κ1) is 20.1. The molecule has 6 heteroatoms. The van der Waals surface area contributed by atoms with Crippen LogP contribution in [0.2, 0.25) is 0 Å². The van der Waals surface area contributed by atoms with E-state index >= 15 is 0 Å².